The van der Waals surface area contributed by atoms with Crippen molar-refractivity contribution in [3.05, 3.63) is 65.2 Å². The lowest BCUT2D eigenvalue weighted by Crippen LogP contribution is -2.35. The third kappa shape index (κ3) is 5.33. The van der Waals surface area contributed by atoms with Gasteiger partial charge in [0.2, 0.25) is 15.9 Å². The van der Waals surface area contributed by atoms with Crippen molar-refractivity contribution in [3.8, 4) is 6.07 Å². The van der Waals surface area contributed by atoms with E-state index in [1.54, 1.807) is 24.3 Å². The highest BCUT2D eigenvalue weighted by molar-refractivity contribution is 7.92. The van der Waals surface area contributed by atoms with Crippen molar-refractivity contribution in [3.63, 3.8) is 0 Å². The second-order valence-corrected chi connectivity index (χ2v) is 7.88. The van der Waals surface area contributed by atoms with Crippen LogP contribution in [-0.2, 0) is 21.4 Å². The van der Waals surface area contributed by atoms with Crippen LogP contribution in [0.3, 0.4) is 0 Å². The van der Waals surface area contributed by atoms with Crippen molar-refractivity contribution in [2.45, 2.75) is 19.9 Å². The fraction of sp³-hybridized carbons (Fsp3) is 0.263. The van der Waals surface area contributed by atoms with E-state index in [1.807, 2.05) is 37.3 Å². The van der Waals surface area contributed by atoms with Crippen molar-refractivity contribution in [2.24, 2.45) is 0 Å². The fourth-order valence-corrected chi connectivity index (χ4v) is 3.39. The SMILES string of the molecule is Cc1ccc(CNC(=O)CCN(c2ccccc2C#N)S(C)(=O)=O)cc1. The van der Waals surface area contributed by atoms with Gasteiger partial charge in [-0.1, -0.05) is 42.0 Å². The van der Waals surface area contributed by atoms with Gasteiger partial charge >= 0.3 is 0 Å². The van der Waals surface area contributed by atoms with E-state index >= 15 is 0 Å². The largest absolute Gasteiger partial charge is 0.352 e. The summed E-state index contributed by atoms with van der Waals surface area (Å²) in [7, 11) is -3.62. The second kappa shape index (κ2) is 8.50. The van der Waals surface area contributed by atoms with E-state index in [-0.39, 0.29) is 30.1 Å². The third-order valence-corrected chi connectivity index (χ3v) is 5.03. The molecule has 0 aliphatic rings. The van der Waals surface area contributed by atoms with Crippen LogP contribution in [0.2, 0.25) is 0 Å². The van der Waals surface area contributed by atoms with Gasteiger partial charge < -0.3 is 5.32 Å². The molecule has 0 bridgehead atoms. The number of carbonyl (C=O) groups is 1. The van der Waals surface area contributed by atoms with Gasteiger partial charge in [0.25, 0.3) is 0 Å². The number of sulfonamides is 1. The summed E-state index contributed by atoms with van der Waals surface area (Å²) in [5.41, 5.74) is 2.64. The number of carbonyl (C=O) groups excluding carboxylic acids is 1. The maximum Gasteiger partial charge on any atom is 0.232 e. The molecule has 0 radical (unpaired) electrons. The highest BCUT2D eigenvalue weighted by Gasteiger charge is 2.21. The first kappa shape index (κ1) is 19.5. The Hall–Kier alpha value is -2.85. The van der Waals surface area contributed by atoms with Crippen molar-refractivity contribution >= 4 is 21.6 Å². The molecular formula is C19H21N3O3S. The van der Waals surface area contributed by atoms with E-state index in [9.17, 15) is 18.5 Å². The van der Waals surface area contributed by atoms with Gasteiger partial charge in [0.1, 0.15) is 6.07 Å². The summed E-state index contributed by atoms with van der Waals surface area (Å²) in [6.45, 7) is 2.34. The number of para-hydroxylation sites is 1. The van der Waals surface area contributed by atoms with Gasteiger partial charge in [-0.25, -0.2) is 8.42 Å². The Kier molecular flexibility index (Phi) is 6.36. The molecule has 6 nitrogen and oxygen atoms in total. The Bertz CT molecular complexity index is 916. The van der Waals surface area contributed by atoms with E-state index in [2.05, 4.69) is 5.32 Å². The van der Waals surface area contributed by atoms with Crippen molar-refractivity contribution in [1.29, 1.82) is 5.26 Å². The summed E-state index contributed by atoms with van der Waals surface area (Å²) in [4.78, 5) is 12.1. The first-order valence-corrected chi connectivity index (χ1v) is 9.95. The van der Waals surface area contributed by atoms with Crippen LogP contribution in [0.5, 0.6) is 0 Å². The molecule has 0 spiro atoms. The number of rotatable bonds is 7. The average Bonchev–Trinajstić information content (AvgIpc) is 2.60. The molecule has 1 amide bonds. The van der Waals surface area contributed by atoms with Crippen LogP contribution in [0.25, 0.3) is 0 Å². The molecule has 0 aliphatic carbocycles. The lowest BCUT2D eigenvalue weighted by Gasteiger charge is -2.23. The number of benzene rings is 2. The molecule has 136 valence electrons. The summed E-state index contributed by atoms with van der Waals surface area (Å²) in [6.07, 6.45) is 1.06. The molecule has 0 saturated carbocycles. The maximum atomic E-state index is 12.1. The zero-order chi connectivity index (χ0) is 19.2. The topological polar surface area (TPSA) is 90.3 Å². The third-order valence-electron chi connectivity index (χ3n) is 3.85. The van der Waals surface area contributed by atoms with E-state index in [0.717, 1.165) is 21.7 Å². The Balaban J connectivity index is 2.02. The first-order valence-electron chi connectivity index (χ1n) is 8.10. The summed E-state index contributed by atoms with van der Waals surface area (Å²) in [5.74, 6) is -0.256. The van der Waals surface area contributed by atoms with Crippen molar-refractivity contribution in [1.82, 2.24) is 5.32 Å². The zero-order valence-electron chi connectivity index (χ0n) is 14.8. The molecule has 0 unspecified atom stereocenters. The Morgan fingerprint density at radius 2 is 1.81 bits per heavy atom. The molecular weight excluding hydrogens is 350 g/mol. The van der Waals surface area contributed by atoms with E-state index in [4.69, 9.17) is 0 Å². The standard InChI is InChI=1S/C19H21N3O3S/c1-15-7-9-16(10-8-15)14-21-19(23)11-12-22(26(2,24)25)18-6-4-3-5-17(18)13-20/h3-10H,11-12,14H2,1-2H3,(H,21,23). The monoisotopic (exact) mass is 371 g/mol. The number of aryl methyl sites for hydroxylation is 1. The highest BCUT2D eigenvalue weighted by atomic mass is 32.2. The minimum Gasteiger partial charge on any atom is -0.352 e. The lowest BCUT2D eigenvalue weighted by atomic mass is 10.1. The molecule has 1 N–H and O–H groups in total. The quantitative estimate of drug-likeness (QED) is 0.809. The molecule has 26 heavy (non-hydrogen) atoms. The predicted octanol–water partition coefficient (Wildman–Crippen LogP) is 2.34. The Morgan fingerprint density at radius 3 is 2.42 bits per heavy atom. The van der Waals surface area contributed by atoms with Crippen molar-refractivity contribution < 1.29 is 13.2 Å². The van der Waals surface area contributed by atoms with Gasteiger partial charge in [-0.2, -0.15) is 5.26 Å². The molecule has 0 atom stereocenters. The van der Waals surface area contributed by atoms with Crippen LogP contribution >= 0.6 is 0 Å². The molecule has 2 aromatic carbocycles. The van der Waals surface area contributed by atoms with E-state index in [0.29, 0.717) is 6.54 Å². The van der Waals surface area contributed by atoms with Gasteiger partial charge in [-0.15, -0.1) is 0 Å². The summed E-state index contributed by atoms with van der Waals surface area (Å²) in [5, 5.41) is 12.0. The fourth-order valence-electron chi connectivity index (χ4n) is 2.45. The number of hydrogen-bond acceptors (Lipinski definition) is 4. The minimum absolute atomic E-state index is 0.00130. The number of nitrogens with zero attached hydrogens (tertiary/aromatic N) is 2. The van der Waals surface area contributed by atoms with Crippen molar-refractivity contribution in [2.75, 3.05) is 17.1 Å². The van der Waals surface area contributed by atoms with Gasteiger partial charge in [-0.3, -0.25) is 9.10 Å². The van der Waals surface area contributed by atoms with Crippen LogP contribution in [0, 0.1) is 18.3 Å². The highest BCUT2D eigenvalue weighted by Crippen LogP contribution is 2.22. The number of amides is 1. The molecule has 7 heteroatoms. The summed E-state index contributed by atoms with van der Waals surface area (Å²) in [6, 6.07) is 16.2. The maximum absolute atomic E-state index is 12.1. The van der Waals surface area contributed by atoms with Gasteiger partial charge in [0.15, 0.2) is 0 Å². The summed E-state index contributed by atoms with van der Waals surface area (Å²) >= 11 is 0. The zero-order valence-corrected chi connectivity index (χ0v) is 15.6. The molecule has 2 rings (SSSR count). The van der Waals surface area contributed by atoms with Crippen LogP contribution < -0.4 is 9.62 Å². The number of anilines is 1. The van der Waals surface area contributed by atoms with Crippen LogP contribution in [-0.4, -0.2) is 27.1 Å². The number of hydrogen-bond donors (Lipinski definition) is 1. The Labute approximate surface area is 154 Å². The minimum atomic E-state index is -3.62. The summed E-state index contributed by atoms with van der Waals surface area (Å²) < 4.78 is 25.3. The second-order valence-electron chi connectivity index (χ2n) is 5.98. The van der Waals surface area contributed by atoms with Crippen LogP contribution in [0.15, 0.2) is 48.5 Å². The Morgan fingerprint density at radius 1 is 1.15 bits per heavy atom. The van der Waals surface area contributed by atoms with Crippen LogP contribution in [0.4, 0.5) is 5.69 Å². The average molecular weight is 371 g/mol. The van der Waals surface area contributed by atoms with E-state index in [1.165, 1.54) is 0 Å². The molecule has 0 saturated heterocycles. The predicted molar refractivity (Wildman–Crippen MR) is 101 cm³/mol. The van der Waals surface area contributed by atoms with Gasteiger partial charge in [-0.05, 0) is 24.6 Å². The first-order chi connectivity index (χ1) is 12.3. The molecule has 0 aromatic heterocycles. The normalized spacial score (nSPS) is 10.8. The van der Waals surface area contributed by atoms with Gasteiger partial charge in [0, 0.05) is 19.5 Å². The number of nitriles is 1. The molecule has 0 aliphatic heterocycles. The van der Waals surface area contributed by atoms with Gasteiger partial charge in [0.05, 0.1) is 17.5 Å². The van der Waals surface area contributed by atoms with Crippen LogP contribution in [0.1, 0.15) is 23.1 Å². The van der Waals surface area contributed by atoms with E-state index < -0.39 is 10.0 Å². The lowest BCUT2D eigenvalue weighted by molar-refractivity contribution is -0.121. The molecule has 0 heterocycles. The molecule has 0 fully saturated rings. The number of nitrogens with one attached hydrogen (secondary N) is 1. The smallest absolute Gasteiger partial charge is 0.232 e. The molecule has 2 aromatic rings.